The Bertz CT molecular complexity index is 373. The molecular weight excluding hydrogens is 218 g/mol. The number of aliphatic carboxylic acids is 1. The Labute approximate surface area is 101 Å². The van der Waals surface area contributed by atoms with E-state index in [4.69, 9.17) is 5.11 Å². The van der Waals surface area contributed by atoms with E-state index < -0.39 is 5.97 Å². The van der Waals surface area contributed by atoms with Crippen LogP contribution >= 0.6 is 0 Å². The smallest absolute Gasteiger partial charge is 0.308 e. The van der Waals surface area contributed by atoms with Crippen molar-refractivity contribution in [3.63, 3.8) is 0 Å². The maximum absolute atomic E-state index is 12.3. The van der Waals surface area contributed by atoms with E-state index in [2.05, 4.69) is 0 Å². The third-order valence-corrected chi connectivity index (χ3v) is 3.81. The zero-order chi connectivity index (χ0) is 12.4. The van der Waals surface area contributed by atoms with E-state index in [1.165, 1.54) is 5.57 Å². The minimum atomic E-state index is -0.778. The topological polar surface area (TPSA) is 57.6 Å². The lowest BCUT2D eigenvalue weighted by Gasteiger charge is -2.31. The second-order valence-corrected chi connectivity index (χ2v) is 5.04. The fourth-order valence-electron chi connectivity index (χ4n) is 2.74. The van der Waals surface area contributed by atoms with Crippen LogP contribution in [0.2, 0.25) is 0 Å². The van der Waals surface area contributed by atoms with Crippen LogP contribution in [0.15, 0.2) is 11.1 Å². The van der Waals surface area contributed by atoms with Gasteiger partial charge in [0.15, 0.2) is 0 Å². The van der Waals surface area contributed by atoms with Gasteiger partial charge in [-0.25, -0.2) is 0 Å². The van der Waals surface area contributed by atoms with Crippen LogP contribution in [0.1, 0.15) is 39.0 Å². The molecule has 1 aliphatic carbocycles. The fourth-order valence-corrected chi connectivity index (χ4v) is 2.74. The molecule has 0 aromatic rings. The maximum Gasteiger partial charge on any atom is 0.308 e. The molecule has 1 aliphatic heterocycles. The molecule has 0 bridgehead atoms. The monoisotopic (exact) mass is 237 g/mol. The molecule has 2 aliphatic rings. The minimum Gasteiger partial charge on any atom is -0.481 e. The Balaban J connectivity index is 2.05. The summed E-state index contributed by atoms with van der Waals surface area (Å²) in [5, 5.41) is 9.01. The molecule has 0 unspecified atom stereocenters. The largest absolute Gasteiger partial charge is 0.481 e. The van der Waals surface area contributed by atoms with Crippen LogP contribution in [-0.2, 0) is 9.59 Å². The molecule has 1 atom stereocenters. The second kappa shape index (κ2) is 4.90. The summed E-state index contributed by atoms with van der Waals surface area (Å²) in [6.45, 7) is 3.10. The highest BCUT2D eigenvalue weighted by atomic mass is 16.4. The van der Waals surface area contributed by atoms with Gasteiger partial charge in [0, 0.05) is 18.7 Å². The first-order valence-corrected chi connectivity index (χ1v) is 6.30. The second-order valence-electron chi connectivity index (χ2n) is 5.04. The Hall–Kier alpha value is -1.32. The molecule has 94 valence electrons. The van der Waals surface area contributed by atoms with Crippen LogP contribution in [-0.4, -0.2) is 35.0 Å². The predicted molar refractivity (Wildman–Crippen MR) is 63.5 cm³/mol. The van der Waals surface area contributed by atoms with Gasteiger partial charge in [0.05, 0.1) is 5.92 Å². The summed E-state index contributed by atoms with van der Waals surface area (Å²) in [7, 11) is 0. The highest BCUT2D eigenvalue weighted by Gasteiger charge is 2.30. The minimum absolute atomic E-state index is 0.0750. The number of carbonyl (C=O) groups excluding carboxylic acids is 1. The van der Waals surface area contributed by atoms with Gasteiger partial charge in [-0.1, -0.05) is 5.57 Å². The SMILES string of the molecule is CC1=C(C(=O)N2CCC[C@H](C(=O)O)C2)CCC1. The van der Waals surface area contributed by atoms with Crippen LogP contribution < -0.4 is 0 Å². The molecule has 1 fully saturated rings. The number of nitrogens with zero attached hydrogens (tertiary/aromatic N) is 1. The summed E-state index contributed by atoms with van der Waals surface area (Å²) >= 11 is 0. The molecule has 17 heavy (non-hydrogen) atoms. The lowest BCUT2D eigenvalue weighted by molar-refractivity contribution is -0.145. The van der Waals surface area contributed by atoms with Crippen LogP contribution in [0.5, 0.6) is 0 Å². The molecule has 2 rings (SSSR count). The summed E-state index contributed by atoms with van der Waals surface area (Å²) < 4.78 is 0. The first-order valence-electron chi connectivity index (χ1n) is 6.30. The predicted octanol–water partition coefficient (Wildman–Crippen LogP) is 1.81. The van der Waals surface area contributed by atoms with Gasteiger partial charge in [-0.3, -0.25) is 9.59 Å². The lowest BCUT2D eigenvalue weighted by atomic mass is 9.97. The molecule has 1 heterocycles. The quantitative estimate of drug-likeness (QED) is 0.796. The van der Waals surface area contributed by atoms with Gasteiger partial charge in [0.1, 0.15) is 0 Å². The van der Waals surface area contributed by atoms with Crippen molar-refractivity contribution in [1.82, 2.24) is 4.90 Å². The zero-order valence-electron chi connectivity index (χ0n) is 10.2. The van der Waals surface area contributed by atoms with E-state index in [1.807, 2.05) is 6.92 Å². The van der Waals surface area contributed by atoms with Gasteiger partial charge in [-0.2, -0.15) is 0 Å². The van der Waals surface area contributed by atoms with E-state index in [0.717, 1.165) is 31.3 Å². The Morgan fingerprint density at radius 3 is 2.65 bits per heavy atom. The molecule has 0 aromatic carbocycles. The first kappa shape index (κ1) is 12.1. The molecule has 4 heteroatoms. The molecule has 1 amide bonds. The molecule has 0 spiro atoms. The van der Waals surface area contributed by atoms with Crippen molar-refractivity contribution in [2.24, 2.45) is 5.92 Å². The third-order valence-electron chi connectivity index (χ3n) is 3.81. The average Bonchev–Trinajstić information content (AvgIpc) is 2.74. The number of allylic oxidation sites excluding steroid dienone is 1. The van der Waals surface area contributed by atoms with Crippen LogP contribution in [0, 0.1) is 5.92 Å². The summed E-state index contributed by atoms with van der Waals surface area (Å²) in [6, 6.07) is 0. The number of likely N-dealkylation sites (tertiary alicyclic amines) is 1. The van der Waals surface area contributed by atoms with Crippen molar-refractivity contribution in [2.45, 2.75) is 39.0 Å². The number of piperidine rings is 1. The summed E-state index contributed by atoms with van der Waals surface area (Å²) in [5.74, 6) is -1.08. The summed E-state index contributed by atoms with van der Waals surface area (Å²) in [5.41, 5.74) is 2.11. The van der Waals surface area contributed by atoms with E-state index in [0.29, 0.717) is 19.5 Å². The standard InChI is InChI=1S/C13H19NO3/c1-9-4-2-6-11(9)12(15)14-7-3-5-10(8-14)13(16)17/h10H,2-8H2,1H3,(H,16,17)/t10-/m0/s1. The summed E-state index contributed by atoms with van der Waals surface area (Å²) in [6.07, 6.45) is 4.42. The summed E-state index contributed by atoms with van der Waals surface area (Å²) in [4.78, 5) is 24.9. The number of carboxylic acids is 1. The Kier molecular flexibility index (Phi) is 3.50. The van der Waals surface area contributed by atoms with Gasteiger partial charge < -0.3 is 10.0 Å². The van der Waals surface area contributed by atoms with E-state index in [9.17, 15) is 9.59 Å². The van der Waals surface area contributed by atoms with Crippen molar-refractivity contribution in [2.75, 3.05) is 13.1 Å². The highest BCUT2D eigenvalue weighted by Crippen LogP contribution is 2.28. The Morgan fingerprint density at radius 2 is 2.06 bits per heavy atom. The Morgan fingerprint density at radius 1 is 1.29 bits per heavy atom. The molecule has 1 saturated heterocycles. The van der Waals surface area contributed by atoms with E-state index in [-0.39, 0.29) is 11.8 Å². The molecule has 1 N–H and O–H groups in total. The van der Waals surface area contributed by atoms with Crippen molar-refractivity contribution in [3.8, 4) is 0 Å². The fraction of sp³-hybridized carbons (Fsp3) is 0.692. The number of rotatable bonds is 2. The number of hydrogen-bond donors (Lipinski definition) is 1. The number of amides is 1. The van der Waals surface area contributed by atoms with Gasteiger partial charge in [0.2, 0.25) is 5.91 Å². The number of carbonyl (C=O) groups is 2. The zero-order valence-corrected chi connectivity index (χ0v) is 10.2. The highest BCUT2D eigenvalue weighted by molar-refractivity contribution is 5.95. The van der Waals surface area contributed by atoms with Crippen molar-refractivity contribution in [3.05, 3.63) is 11.1 Å². The van der Waals surface area contributed by atoms with Crippen LogP contribution in [0.4, 0.5) is 0 Å². The average molecular weight is 237 g/mol. The number of carboxylic acid groups (broad SMARTS) is 1. The third kappa shape index (κ3) is 2.51. The van der Waals surface area contributed by atoms with E-state index in [1.54, 1.807) is 4.90 Å². The molecule has 0 radical (unpaired) electrons. The van der Waals surface area contributed by atoms with Crippen LogP contribution in [0.3, 0.4) is 0 Å². The normalized spacial score (nSPS) is 25.2. The van der Waals surface area contributed by atoms with Crippen molar-refractivity contribution in [1.29, 1.82) is 0 Å². The molecule has 4 nitrogen and oxygen atoms in total. The van der Waals surface area contributed by atoms with Crippen molar-refractivity contribution < 1.29 is 14.7 Å². The lowest BCUT2D eigenvalue weighted by Crippen LogP contribution is -2.42. The van der Waals surface area contributed by atoms with E-state index >= 15 is 0 Å². The van der Waals surface area contributed by atoms with Gasteiger partial charge in [0.25, 0.3) is 0 Å². The first-order chi connectivity index (χ1) is 8.09. The molecule has 0 aromatic heterocycles. The molecule has 0 saturated carbocycles. The van der Waals surface area contributed by atoms with Gasteiger partial charge >= 0.3 is 5.97 Å². The van der Waals surface area contributed by atoms with Crippen LogP contribution in [0.25, 0.3) is 0 Å². The van der Waals surface area contributed by atoms with Crippen molar-refractivity contribution >= 4 is 11.9 Å². The maximum atomic E-state index is 12.3. The van der Waals surface area contributed by atoms with Gasteiger partial charge in [-0.05, 0) is 39.0 Å². The number of hydrogen-bond acceptors (Lipinski definition) is 2. The van der Waals surface area contributed by atoms with Gasteiger partial charge in [-0.15, -0.1) is 0 Å². The molecular formula is C13H19NO3.